The molecule has 5 heteroatoms. The summed E-state index contributed by atoms with van der Waals surface area (Å²) in [5, 5.41) is 12.9. The van der Waals surface area contributed by atoms with Crippen molar-refractivity contribution in [2.45, 2.75) is 40.2 Å². The molecule has 0 unspecified atom stereocenters. The van der Waals surface area contributed by atoms with Crippen molar-refractivity contribution in [3.8, 4) is 11.5 Å². The molecule has 32 heavy (non-hydrogen) atoms. The normalized spacial score (nSPS) is 11.2. The third kappa shape index (κ3) is 4.03. The second kappa shape index (κ2) is 9.35. The summed E-state index contributed by atoms with van der Waals surface area (Å²) in [5.41, 5.74) is 3.50. The molecule has 0 atom stereocenters. The zero-order valence-corrected chi connectivity index (χ0v) is 18.9. The topological polar surface area (TPSA) is 60.7 Å². The van der Waals surface area contributed by atoms with Crippen molar-refractivity contribution in [2.24, 2.45) is 0 Å². The van der Waals surface area contributed by atoms with Gasteiger partial charge in [-0.3, -0.25) is 0 Å². The van der Waals surface area contributed by atoms with E-state index in [0.717, 1.165) is 40.6 Å². The Bertz CT molecular complexity index is 1250. The van der Waals surface area contributed by atoms with Gasteiger partial charge in [-0.05, 0) is 44.0 Å². The van der Waals surface area contributed by atoms with Crippen LogP contribution in [0.1, 0.15) is 41.9 Å². The number of nitrogens with zero attached hydrogens (tertiary/aromatic N) is 1. The third-order valence-electron chi connectivity index (χ3n) is 5.83. The summed E-state index contributed by atoms with van der Waals surface area (Å²) in [6.07, 6.45) is 2.18. The van der Waals surface area contributed by atoms with Crippen LogP contribution in [0.25, 0.3) is 21.7 Å². The van der Waals surface area contributed by atoms with E-state index in [1.165, 1.54) is 5.56 Å². The zero-order chi connectivity index (χ0) is 22.7. The van der Waals surface area contributed by atoms with Crippen molar-refractivity contribution in [3.63, 3.8) is 0 Å². The molecule has 166 valence electrons. The van der Waals surface area contributed by atoms with Gasteiger partial charge in [0.25, 0.3) is 0 Å². The van der Waals surface area contributed by atoms with Crippen molar-refractivity contribution >= 4 is 27.6 Å². The predicted octanol–water partition coefficient (Wildman–Crippen LogP) is 6.02. The first-order valence-electron chi connectivity index (χ1n) is 11.2. The summed E-state index contributed by atoms with van der Waals surface area (Å²) >= 11 is 0. The summed E-state index contributed by atoms with van der Waals surface area (Å²) in [6, 6.07) is 17.6. The summed E-state index contributed by atoms with van der Waals surface area (Å²) in [4.78, 5) is 12.8. The number of carbonyl (C=O) groups is 1. The van der Waals surface area contributed by atoms with Gasteiger partial charge in [-0.1, -0.05) is 49.7 Å². The highest BCUT2D eigenvalue weighted by atomic mass is 16.5. The fraction of sp³-hybridized carbons (Fsp3) is 0.296. The fourth-order valence-corrected chi connectivity index (χ4v) is 4.36. The van der Waals surface area contributed by atoms with E-state index in [1.54, 1.807) is 13.0 Å². The Kier molecular flexibility index (Phi) is 6.35. The maximum Gasteiger partial charge on any atom is 0.340 e. The number of aromatic hydroxyl groups is 1. The van der Waals surface area contributed by atoms with E-state index in [1.807, 2.05) is 43.3 Å². The Labute approximate surface area is 188 Å². The molecule has 0 saturated carbocycles. The molecule has 3 aromatic carbocycles. The quantitative estimate of drug-likeness (QED) is 0.347. The van der Waals surface area contributed by atoms with Gasteiger partial charge >= 0.3 is 5.97 Å². The highest BCUT2D eigenvalue weighted by Crippen LogP contribution is 2.37. The van der Waals surface area contributed by atoms with Crippen LogP contribution in [0.5, 0.6) is 11.5 Å². The first-order valence-corrected chi connectivity index (χ1v) is 11.2. The first-order chi connectivity index (χ1) is 15.5. The van der Waals surface area contributed by atoms with Gasteiger partial charge < -0.3 is 19.1 Å². The smallest absolute Gasteiger partial charge is 0.340 e. The maximum absolute atomic E-state index is 12.8. The Morgan fingerprint density at radius 1 is 1.00 bits per heavy atom. The van der Waals surface area contributed by atoms with Gasteiger partial charge in [-0.2, -0.15) is 0 Å². The number of hydrogen-bond acceptors (Lipinski definition) is 4. The van der Waals surface area contributed by atoms with E-state index in [0.29, 0.717) is 30.7 Å². The standard InChI is InChI=1S/C27H29NO4/c1-4-8-19-11-13-20(14-12-19)32-16-15-28-18(3)25(27(30)31-5-2)23-17-24(29)21-9-6-7-10-22(21)26(23)28/h6-7,9-14,17,29H,4-5,8,15-16H2,1-3H3. The Hall–Kier alpha value is -3.47. The van der Waals surface area contributed by atoms with E-state index in [-0.39, 0.29) is 11.7 Å². The van der Waals surface area contributed by atoms with Crippen LogP contribution in [0.2, 0.25) is 0 Å². The number of carbonyl (C=O) groups excluding carboxylic acids is 1. The maximum atomic E-state index is 12.8. The summed E-state index contributed by atoms with van der Waals surface area (Å²) in [7, 11) is 0. The number of benzene rings is 3. The molecule has 0 aliphatic rings. The van der Waals surface area contributed by atoms with E-state index in [9.17, 15) is 9.90 Å². The number of fused-ring (bicyclic) bond motifs is 3. The number of esters is 1. The van der Waals surface area contributed by atoms with Crippen molar-refractivity contribution in [2.75, 3.05) is 13.2 Å². The van der Waals surface area contributed by atoms with Crippen molar-refractivity contribution in [1.82, 2.24) is 4.57 Å². The van der Waals surface area contributed by atoms with Crippen LogP contribution in [-0.2, 0) is 17.7 Å². The molecule has 0 fully saturated rings. The molecule has 5 nitrogen and oxygen atoms in total. The van der Waals surface area contributed by atoms with Crippen LogP contribution in [0.3, 0.4) is 0 Å². The Balaban J connectivity index is 1.72. The highest BCUT2D eigenvalue weighted by molar-refractivity contribution is 6.16. The largest absolute Gasteiger partial charge is 0.507 e. The van der Waals surface area contributed by atoms with Crippen LogP contribution < -0.4 is 4.74 Å². The molecular weight excluding hydrogens is 402 g/mol. The average molecular weight is 432 g/mol. The Morgan fingerprint density at radius 3 is 2.41 bits per heavy atom. The molecule has 0 spiro atoms. The lowest BCUT2D eigenvalue weighted by atomic mass is 10.0. The number of phenols is 1. The first kappa shape index (κ1) is 21.8. The van der Waals surface area contributed by atoms with Crippen LogP contribution in [0, 0.1) is 6.92 Å². The zero-order valence-electron chi connectivity index (χ0n) is 18.9. The average Bonchev–Trinajstić information content (AvgIpc) is 3.07. The molecule has 1 N–H and O–H groups in total. The molecule has 0 saturated heterocycles. The van der Waals surface area contributed by atoms with Crippen molar-refractivity contribution in [3.05, 3.63) is 71.4 Å². The van der Waals surface area contributed by atoms with Gasteiger partial charge in [0, 0.05) is 21.9 Å². The number of ether oxygens (including phenoxy) is 2. The minimum atomic E-state index is -0.379. The van der Waals surface area contributed by atoms with Crippen LogP contribution in [0.15, 0.2) is 54.6 Å². The molecule has 0 amide bonds. The molecule has 0 aliphatic carbocycles. The summed E-state index contributed by atoms with van der Waals surface area (Å²) in [6.45, 7) is 7.18. The molecule has 0 bridgehead atoms. The van der Waals surface area contributed by atoms with Crippen LogP contribution >= 0.6 is 0 Å². The fourth-order valence-electron chi connectivity index (χ4n) is 4.36. The van der Waals surface area contributed by atoms with Gasteiger partial charge in [0.05, 0.1) is 24.2 Å². The minimum Gasteiger partial charge on any atom is -0.507 e. The van der Waals surface area contributed by atoms with Gasteiger partial charge in [0.15, 0.2) is 0 Å². The van der Waals surface area contributed by atoms with E-state index in [2.05, 4.69) is 23.6 Å². The monoisotopic (exact) mass is 431 g/mol. The lowest BCUT2D eigenvalue weighted by Gasteiger charge is -2.12. The minimum absolute atomic E-state index is 0.152. The summed E-state index contributed by atoms with van der Waals surface area (Å²) < 4.78 is 13.4. The molecular formula is C27H29NO4. The molecule has 4 aromatic rings. The molecule has 4 rings (SSSR count). The molecule has 0 aliphatic heterocycles. The summed E-state index contributed by atoms with van der Waals surface area (Å²) in [5.74, 6) is 0.599. The third-order valence-corrected chi connectivity index (χ3v) is 5.83. The highest BCUT2D eigenvalue weighted by Gasteiger charge is 2.23. The predicted molar refractivity (Wildman–Crippen MR) is 128 cm³/mol. The number of aromatic nitrogens is 1. The van der Waals surface area contributed by atoms with Gasteiger partial charge in [-0.15, -0.1) is 0 Å². The van der Waals surface area contributed by atoms with Crippen molar-refractivity contribution in [1.29, 1.82) is 0 Å². The van der Waals surface area contributed by atoms with Gasteiger partial charge in [-0.25, -0.2) is 4.79 Å². The van der Waals surface area contributed by atoms with Gasteiger partial charge in [0.2, 0.25) is 0 Å². The molecule has 1 heterocycles. The number of aryl methyl sites for hydroxylation is 1. The lowest BCUT2D eigenvalue weighted by molar-refractivity contribution is 0.0527. The van der Waals surface area contributed by atoms with E-state index < -0.39 is 0 Å². The number of hydrogen-bond donors (Lipinski definition) is 1. The molecule has 0 radical (unpaired) electrons. The van der Waals surface area contributed by atoms with E-state index >= 15 is 0 Å². The van der Waals surface area contributed by atoms with Crippen LogP contribution in [0.4, 0.5) is 0 Å². The van der Waals surface area contributed by atoms with E-state index in [4.69, 9.17) is 9.47 Å². The van der Waals surface area contributed by atoms with Crippen LogP contribution in [-0.4, -0.2) is 28.9 Å². The second-order valence-electron chi connectivity index (χ2n) is 7.91. The second-order valence-corrected chi connectivity index (χ2v) is 7.91. The van der Waals surface area contributed by atoms with Crippen molar-refractivity contribution < 1.29 is 19.4 Å². The number of rotatable bonds is 8. The SMILES string of the molecule is CCCc1ccc(OCCn2c(C)c(C(=O)OCC)c3cc(O)c4ccccc4c32)cc1. The lowest BCUT2D eigenvalue weighted by Crippen LogP contribution is -2.11. The van der Waals surface area contributed by atoms with Gasteiger partial charge in [0.1, 0.15) is 18.1 Å². The molecule has 1 aromatic heterocycles. The number of phenolic OH excluding ortho intramolecular Hbond substituents is 1. The Morgan fingerprint density at radius 2 is 1.72 bits per heavy atom.